The second kappa shape index (κ2) is 2.30. The van der Waals surface area contributed by atoms with Crippen molar-refractivity contribution in [3.05, 3.63) is 0 Å². The van der Waals surface area contributed by atoms with Gasteiger partial charge in [0.05, 0.1) is 0 Å². The average Bonchev–Trinajstić information content (AvgIpc) is 1.86. The van der Waals surface area contributed by atoms with Gasteiger partial charge in [-0.2, -0.15) is 0 Å². The maximum absolute atomic E-state index is 3.47. The van der Waals surface area contributed by atoms with Gasteiger partial charge in [0, 0.05) is 5.54 Å². The third-order valence-corrected chi connectivity index (χ3v) is 2.67. The van der Waals surface area contributed by atoms with Gasteiger partial charge in [-0.05, 0) is 25.8 Å². The summed E-state index contributed by atoms with van der Waals surface area (Å²) in [6.45, 7) is 8.12. The molecule has 1 nitrogen and oxygen atoms in total. The molecule has 1 N–H and O–H groups in total. The van der Waals surface area contributed by atoms with Crippen molar-refractivity contribution in [2.75, 3.05) is 6.54 Å². The summed E-state index contributed by atoms with van der Waals surface area (Å²) in [4.78, 5) is 0. The normalized spacial score (nSPS) is 42.3. The van der Waals surface area contributed by atoms with Crippen molar-refractivity contribution in [1.29, 1.82) is 0 Å². The maximum atomic E-state index is 3.47. The summed E-state index contributed by atoms with van der Waals surface area (Å²) in [5, 5.41) is 3.47. The van der Waals surface area contributed by atoms with Crippen molar-refractivity contribution in [2.45, 2.75) is 39.2 Å². The molecule has 1 rings (SSSR count). The van der Waals surface area contributed by atoms with Crippen LogP contribution in [0.25, 0.3) is 0 Å². The van der Waals surface area contributed by atoms with Gasteiger partial charge in [0.25, 0.3) is 0 Å². The van der Waals surface area contributed by atoms with Crippen molar-refractivity contribution < 1.29 is 0 Å². The van der Waals surface area contributed by atoms with Gasteiger partial charge in [-0.25, -0.2) is 0 Å². The van der Waals surface area contributed by atoms with E-state index in [9.17, 15) is 0 Å². The third kappa shape index (κ3) is 1.11. The summed E-state index contributed by atoms with van der Waals surface area (Å²) in [7, 11) is 0. The van der Waals surface area contributed by atoms with E-state index in [0.717, 1.165) is 5.92 Å². The van der Waals surface area contributed by atoms with E-state index in [1.54, 1.807) is 0 Å². The molecule has 1 aliphatic rings. The standard InChI is InChI=1S/C8H17N/c1-4-5-8(3)7(2)6-9-8/h7,9H,4-6H2,1-3H3. The Morgan fingerprint density at radius 3 is 2.44 bits per heavy atom. The van der Waals surface area contributed by atoms with E-state index in [1.165, 1.54) is 19.4 Å². The van der Waals surface area contributed by atoms with Crippen LogP contribution in [-0.2, 0) is 0 Å². The lowest BCUT2D eigenvalue weighted by atomic mass is 9.76. The second-order valence-electron chi connectivity index (χ2n) is 3.45. The predicted molar refractivity (Wildman–Crippen MR) is 40.5 cm³/mol. The van der Waals surface area contributed by atoms with Crippen LogP contribution < -0.4 is 5.32 Å². The zero-order chi connectivity index (χ0) is 6.91. The van der Waals surface area contributed by atoms with Crippen molar-refractivity contribution in [1.82, 2.24) is 5.32 Å². The largest absolute Gasteiger partial charge is 0.311 e. The Kier molecular flexibility index (Phi) is 1.80. The molecule has 2 unspecified atom stereocenters. The fourth-order valence-electron chi connectivity index (χ4n) is 1.51. The van der Waals surface area contributed by atoms with Crippen LogP contribution in [0.5, 0.6) is 0 Å². The first kappa shape index (κ1) is 7.07. The molecule has 0 aromatic rings. The Morgan fingerprint density at radius 1 is 1.67 bits per heavy atom. The monoisotopic (exact) mass is 127 g/mol. The highest BCUT2D eigenvalue weighted by Crippen LogP contribution is 2.29. The van der Waals surface area contributed by atoms with E-state index in [4.69, 9.17) is 0 Å². The highest BCUT2D eigenvalue weighted by atomic mass is 15.1. The minimum absolute atomic E-state index is 0.481. The molecule has 2 atom stereocenters. The van der Waals surface area contributed by atoms with Crippen LogP contribution in [-0.4, -0.2) is 12.1 Å². The number of hydrogen-bond donors (Lipinski definition) is 1. The summed E-state index contributed by atoms with van der Waals surface area (Å²) < 4.78 is 0. The van der Waals surface area contributed by atoms with Gasteiger partial charge in [-0.3, -0.25) is 0 Å². The van der Waals surface area contributed by atoms with Gasteiger partial charge in [0.1, 0.15) is 0 Å². The minimum Gasteiger partial charge on any atom is -0.311 e. The van der Waals surface area contributed by atoms with Crippen LogP contribution in [0, 0.1) is 5.92 Å². The molecule has 0 saturated carbocycles. The first-order valence-electron chi connectivity index (χ1n) is 3.94. The Labute approximate surface area is 57.8 Å². The highest BCUT2D eigenvalue weighted by molar-refractivity contribution is 4.97. The lowest BCUT2D eigenvalue weighted by Crippen LogP contribution is -2.61. The molecule has 1 aliphatic heterocycles. The second-order valence-corrected chi connectivity index (χ2v) is 3.45. The van der Waals surface area contributed by atoms with Gasteiger partial charge >= 0.3 is 0 Å². The first-order valence-corrected chi connectivity index (χ1v) is 3.94. The van der Waals surface area contributed by atoms with E-state index in [0.29, 0.717) is 5.54 Å². The van der Waals surface area contributed by atoms with Crippen molar-refractivity contribution in [3.63, 3.8) is 0 Å². The van der Waals surface area contributed by atoms with Crippen LogP contribution in [0.4, 0.5) is 0 Å². The van der Waals surface area contributed by atoms with Gasteiger partial charge in [0.2, 0.25) is 0 Å². The lowest BCUT2D eigenvalue weighted by Gasteiger charge is -2.47. The molecule has 1 heterocycles. The van der Waals surface area contributed by atoms with Gasteiger partial charge in [0.15, 0.2) is 0 Å². The van der Waals surface area contributed by atoms with Crippen LogP contribution in [0.1, 0.15) is 33.6 Å². The molecule has 0 aromatic heterocycles. The van der Waals surface area contributed by atoms with Gasteiger partial charge in [-0.15, -0.1) is 0 Å². The summed E-state index contributed by atoms with van der Waals surface area (Å²) in [6, 6.07) is 0. The molecule has 0 spiro atoms. The average molecular weight is 127 g/mol. The fourth-order valence-corrected chi connectivity index (χ4v) is 1.51. The Balaban J connectivity index is 2.34. The van der Waals surface area contributed by atoms with E-state index in [2.05, 4.69) is 26.1 Å². The lowest BCUT2D eigenvalue weighted by molar-refractivity contribution is 0.123. The van der Waals surface area contributed by atoms with E-state index in [-0.39, 0.29) is 0 Å². The number of hydrogen-bond acceptors (Lipinski definition) is 1. The van der Waals surface area contributed by atoms with Gasteiger partial charge < -0.3 is 5.32 Å². The summed E-state index contributed by atoms with van der Waals surface area (Å²) in [5.74, 6) is 0.887. The van der Waals surface area contributed by atoms with Crippen molar-refractivity contribution in [3.8, 4) is 0 Å². The van der Waals surface area contributed by atoms with Crippen LogP contribution in [0.2, 0.25) is 0 Å². The highest BCUT2D eigenvalue weighted by Gasteiger charge is 2.37. The molecule has 1 fully saturated rings. The Bertz CT molecular complexity index is 101. The quantitative estimate of drug-likeness (QED) is 0.596. The molecule has 1 heteroatoms. The molecule has 9 heavy (non-hydrogen) atoms. The SMILES string of the molecule is CCCC1(C)NCC1C. The van der Waals surface area contributed by atoms with Gasteiger partial charge in [-0.1, -0.05) is 20.3 Å². The molecule has 0 aliphatic carbocycles. The molecule has 0 amide bonds. The predicted octanol–water partition coefficient (Wildman–Crippen LogP) is 1.78. The molecule has 54 valence electrons. The maximum Gasteiger partial charge on any atom is 0.0191 e. The summed E-state index contributed by atoms with van der Waals surface area (Å²) >= 11 is 0. The topological polar surface area (TPSA) is 12.0 Å². The molecule has 1 saturated heterocycles. The van der Waals surface area contributed by atoms with E-state index < -0.39 is 0 Å². The third-order valence-electron chi connectivity index (χ3n) is 2.67. The smallest absolute Gasteiger partial charge is 0.0191 e. The minimum atomic E-state index is 0.481. The molecule has 0 radical (unpaired) electrons. The van der Waals surface area contributed by atoms with E-state index >= 15 is 0 Å². The zero-order valence-electron chi connectivity index (χ0n) is 6.70. The Hall–Kier alpha value is -0.0400. The summed E-state index contributed by atoms with van der Waals surface area (Å²) in [5.41, 5.74) is 0.481. The van der Waals surface area contributed by atoms with Crippen molar-refractivity contribution in [2.24, 2.45) is 5.92 Å². The summed E-state index contributed by atoms with van der Waals surface area (Å²) in [6.07, 6.45) is 2.63. The fraction of sp³-hybridized carbons (Fsp3) is 1.00. The molecule has 0 aromatic carbocycles. The van der Waals surface area contributed by atoms with Crippen molar-refractivity contribution >= 4 is 0 Å². The Morgan fingerprint density at radius 2 is 2.33 bits per heavy atom. The number of nitrogens with one attached hydrogen (secondary N) is 1. The van der Waals surface area contributed by atoms with Crippen LogP contribution in [0.15, 0.2) is 0 Å². The van der Waals surface area contributed by atoms with Crippen LogP contribution in [0.3, 0.4) is 0 Å². The molecular weight excluding hydrogens is 110 g/mol. The zero-order valence-corrected chi connectivity index (χ0v) is 6.70. The van der Waals surface area contributed by atoms with Crippen LogP contribution >= 0.6 is 0 Å². The first-order chi connectivity index (χ1) is 4.19. The molecular formula is C8H17N. The van der Waals surface area contributed by atoms with E-state index in [1.807, 2.05) is 0 Å². The number of rotatable bonds is 2. The molecule has 0 bridgehead atoms.